The van der Waals surface area contributed by atoms with E-state index >= 15 is 0 Å². The van der Waals surface area contributed by atoms with Gasteiger partial charge in [0.25, 0.3) is 5.89 Å². The van der Waals surface area contributed by atoms with E-state index in [9.17, 15) is 18.0 Å². The summed E-state index contributed by atoms with van der Waals surface area (Å²) in [5, 5.41) is 4.11. The third-order valence-corrected chi connectivity index (χ3v) is 3.69. The average molecular weight is 383 g/mol. The van der Waals surface area contributed by atoms with E-state index in [2.05, 4.69) is 10.1 Å². The van der Waals surface area contributed by atoms with Crippen molar-refractivity contribution >= 4 is 17.6 Å². The second kappa shape index (κ2) is 7.17. The molecule has 1 heterocycles. The Labute approximate surface area is 150 Å². The Morgan fingerprint density at radius 1 is 1.12 bits per heavy atom. The number of ether oxygens (including phenoxy) is 1. The van der Waals surface area contributed by atoms with Crippen LogP contribution < -0.4 is 0 Å². The van der Waals surface area contributed by atoms with Crippen molar-refractivity contribution in [1.82, 2.24) is 10.1 Å². The number of rotatable bonds is 4. The number of hydrogen-bond acceptors (Lipinski definition) is 5. The van der Waals surface area contributed by atoms with Gasteiger partial charge >= 0.3 is 12.1 Å². The summed E-state index contributed by atoms with van der Waals surface area (Å²) in [4.78, 5) is 16.0. The lowest BCUT2D eigenvalue weighted by molar-refractivity contribution is -0.138. The van der Waals surface area contributed by atoms with Gasteiger partial charge in [0.05, 0.1) is 16.1 Å². The summed E-state index contributed by atoms with van der Waals surface area (Å²) >= 11 is 6.02. The molecule has 0 atom stereocenters. The van der Waals surface area contributed by atoms with Gasteiger partial charge in [0.2, 0.25) is 5.82 Å². The van der Waals surface area contributed by atoms with Crippen molar-refractivity contribution in [1.29, 1.82) is 0 Å². The second-order valence-electron chi connectivity index (χ2n) is 5.11. The fourth-order valence-corrected chi connectivity index (χ4v) is 2.40. The predicted octanol–water partition coefficient (Wildman–Crippen LogP) is 4.77. The molecule has 0 aliphatic heterocycles. The molecule has 0 N–H and O–H groups in total. The van der Waals surface area contributed by atoms with Crippen LogP contribution in [-0.4, -0.2) is 16.1 Å². The zero-order valence-corrected chi connectivity index (χ0v) is 13.7. The van der Waals surface area contributed by atoms with Crippen LogP contribution in [0.5, 0.6) is 0 Å². The van der Waals surface area contributed by atoms with Crippen molar-refractivity contribution in [2.24, 2.45) is 0 Å². The van der Waals surface area contributed by atoms with Gasteiger partial charge in [-0.2, -0.15) is 18.2 Å². The first kappa shape index (κ1) is 17.9. The number of carbonyl (C=O) groups is 1. The van der Waals surface area contributed by atoms with Gasteiger partial charge in [-0.1, -0.05) is 41.0 Å². The summed E-state index contributed by atoms with van der Waals surface area (Å²) in [5.74, 6) is -1.04. The number of carbonyl (C=O) groups excluding carboxylic acids is 1. The molecule has 3 rings (SSSR count). The van der Waals surface area contributed by atoms with Crippen LogP contribution >= 0.6 is 11.6 Å². The van der Waals surface area contributed by atoms with Gasteiger partial charge in [0.15, 0.2) is 6.61 Å². The molecule has 0 unspecified atom stereocenters. The third-order valence-electron chi connectivity index (χ3n) is 3.36. The lowest BCUT2D eigenvalue weighted by atomic mass is 10.1. The van der Waals surface area contributed by atoms with Gasteiger partial charge < -0.3 is 9.26 Å². The molecule has 26 heavy (non-hydrogen) atoms. The van der Waals surface area contributed by atoms with Crippen LogP contribution in [0.3, 0.4) is 0 Å². The van der Waals surface area contributed by atoms with Crippen molar-refractivity contribution in [3.63, 3.8) is 0 Å². The number of alkyl halides is 3. The Morgan fingerprint density at radius 3 is 2.54 bits per heavy atom. The highest BCUT2D eigenvalue weighted by Crippen LogP contribution is 2.32. The summed E-state index contributed by atoms with van der Waals surface area (Å²) in [6.45, 7) is -0.470. The van der Waals surface area contributed by atoms with E-state index in [1.54, 1.807) is 24.3 Å². The Bertz CT molecular complexity index is 941. The first-order chi connectivity index (χ1) is 12.4. The molecule has 0 aliphatic rings. The minimum absolute atomic E-state index is 0.0715. The highest BCUT2D eigenvalue weighted by atomic mass is 35.5. The molecule has 3 aromatic rings. The summed E-state index contributed by atoms with van der Waals surface area (Å²) in [6.07, 6.45) is -4.67. The molecule has 0 spiro atoms. The number of benzene rings is 2. The van der Waals surface area contributed by atoms with Crippen molar-refractivity contribution in [2.45, 2.75) is 12.8 Å². The molecular weight excluding hydrogens is 373 g/mol. The van der Waals surface area contributed by atoms with Gasteiger partial charge in [-0.25, -0.2) is 4.79 Å². The average Bonchev–Trinajstić information content (AvgIpc) is 3.08. The van der Waals surface area contributed by atoms with E-state index in [0.717, 1.165) is 12.1 Å². The maximum Gasteiger partial charge on any atom is 0.417 e. The van der Waals surface area contributed by atoms with E-state index in [0.29, 0.717) is 10.6 Å². The van der Waals surface area contributed by atoms with E-state index < -0.39 is 29.9 Å². The topological polar surface area (TPSA) is 65.2 Å². The van der Waals surface area contributed by atoms with Crippen LogP contribution in [0, 0.1) is 0 Å². The largest absolute Gasteiger partial charge is 0.452 e. The molecular formula is C17H10ClF3N2O3. The van der Waals surface area contributed by atoms with E-state index in [1.165, 1.54) is 12.1 Å². The number of halogens is 4. The van der Waals surface area contributed by atoms with E-state index in [4.69, 9.17) is 20.9 Å². The van der Waals surface area contributed by atoms with Gasteiger partial charge in [-0.05, 0) is 24.3 Å². The Kier molecular flexibility index (Phi) is 4.94. The molecule has 0 radical (unpaired) electrons. The van der Waals surface area contributed by atoms with Crippen LogP contribution in [0.1, 0.15) is 21.8 Å². The minimum Gasteiger partial charge on any atom is -0.452 e. The lowest BCUT2D eigenvalue weighted by Crippen LogP contribution is -2.15. The third kappa shape index (κ3) is 3.85. The monoisotopic (exact) mass is 382 g/mol. The summed E-state index contributed by atoms with van der Waals surface area (Å²) in [6, 6.07) is 11.1. The molecule has 9 heteroatoms. The van der Waals surface area contributed by atoms with Gasteiger partial charge in [0.1, 0.15) is 0 Å². The normalized spacial score (nSPS) is 11.4. The SMILES string of the molecule is O=C(OCc1nc(-c2ccccc2Cl)no1)c1ccccc1C(F)(F)F. The molecule has 0 saturated heterocycles. The van der Waals surface area contributed by atoms with Crippen LogP contribution in [0.15, 0.2) is 53.1 Å². The molecule has 0 aliphatic carbocycles. The number of aromatic nitrogens is 2. The predicted molar refractivity (Wildman–Crippen MR) is 85.3 cm³/mol. The molecule has 2 aromatic carbocycles. The number of esters is 1. The van der Waals surface area contributed by atoms with Crippen molar-refractivity contribution < 1.29 is 27.2 Å². The molecule has 0 fully saturated rings. The van der Waals surface area contributed by atoms with Crippen molar-refractivity contribution in [3.05, 3.63) is 70.6 Å². The van der Waals surface area contributed by atoms with Crippen molar-refractivity contribution in [3.8, 4) is 11.4 Å². The second-order valence-corrected chi connectivity index (χ2v) is 5.52. The van der Waals surface area contributed by atoms with Gasteiger partial charge in [-0.15, -0.1) is 0 Å². The maximum atomic E-state index is 12.9. The zero-order chi connectivity index (χ0) is 18.7. The summed E-state index contributed by atoms with van der Waals surface area (Å²) in [5.41, 5.74) is -1.16. The molecule has 0 bridgehead atoms. The van der Waals surface area contributed by atoms with Crippen LogP contribution in [0.4, 0.5) is 13.2 Å². The Balaban J connectivity index is 1.73. The fourth-order valence-electron chi connectivity index (χ4n) is 2.18. The zero-order valence-electron chi connectivity index (χ0n) is 13.0. The first-order valence-electron chi connectivity index (χ1n) is 7.27. The number of nitrogens with zero attached hydrogens (tertiary/aromatic N) is 2. The van der Waals surface area contributed by atoms with Crippen molar-refractivity contribution in [2.75, 3.05) is 0 Å². The minimum atomic E-state index is -4.67. The Hall–Kier alpha value is -2.87. The van der Waals surface area contributed by atoms with Gasteiger partial charge in [-0.3, -0.25) is 0 Å². The first-order valence-corrected chi connectivity index (χ1v) is 7.65. The summed E-state index contributed by atoms with van der Waals surface area (Å²) in [7, 11) is 0. The number of hydrogen-bond donors (Lipinski definition) is 0. The lowest BCUT2D eigenvalue weighted by Gasteiger charge is -2.11. The smallest absolute Gasteiger partial charge is 0.417 e. The molecule has 5 nitrogen and oxygen atoms in total. The molecule has 0 saturated carbocycles. The van der Waals surface area contributed by atoms with Gasteiger partial charge in [0, 0.05) is 5.56 Å². The van der Waals surface area contributed by atoms with E-state index in [-0.39, 0.29) is 11.7 Å². The highest BCUT2D eigenvalue weighted by Gasteiger charge is 2.35. The highest BCUT2D eigenvalue weighted by molar-refractivity contribution is 6.33. The quantitative estimate of drug-likeness (QED) is 0.608. The maximum absolute atomic E-state index is 12.9. The molecule has 0 amide bonds. The van der Waals surface area contributed by atoms with Crippen LogP contribution in [-0.2, 0) is 17.5 Å². The van der Waals surface area contributed by atoms with E-state index in [1.807, 2.05) is 0 Å². The Morgan fingerprint density at radius 2 is 1.81 bits per heavy atom. The van der Waals surface area contributed by atoms with Crippen LogP contribution in [0.25, 0.3) is 11.4 Å². The van der Waals surface area contributed by atoms with Crippen LogP contribution in [0.2, 0.25) is 5.02 Å². The summed E-state index contributed by atoms with van der Waals surface area (Å²) < 4.78 is 48.6. The molecule has 1 aromatic heterocycles. The standard InChI is InChI=1S/C17H10ClF3N2O3/c18-13-8-4-2-6-11(13)15-22-14(26-23-15)9-25-16(24)10-5-1-3-7-12(10)17(19,20)21/h1-8H,9H2. The fraction of sp³-hybridized carbons (Fsp3) is 0.118. The molecule has 134 valence electrons.